The molecule has 0 atom stereocenters. The lowest BCUT2D eigenvalue weighted by molar-refractivity contribution is 0.171. The smallest absolute Gasteiger partial charge is 0.184 e. The van der Waals surface area contributed by atoms with Gasteiger partial charge >= 0.3 is 0 Å². The number of ether oxygens (including phenoxy) is 2. The SMILES string of the molecule is Clc1csc(NCCc2ccc3c(c2)OCCO3)n1. The molecule has 1 N–H and O–H groups in total. The number of halogens is 1. The van der Waals surface area contributed by atoms with Gasteiger partial charge in [0.05, 0.1) is 0 Å². The second-order valence-electron chi connectivity index (χ2n) is 4.13. The van der Waals surface area contributed by atoms with E-state index in [4.69, 9.17) is 21.1 Å². The number of benzene rings is 1. The van der Waals surface area contributed by atoms with Gasteiger partial charge in [0.25, 0.3) is 0 Å². The molecule has 19 heavy (non-hydrogen) atoms. The number of aromatic nitrogens is 1. The highest BCUT2D eigenvalue weighted by atomic mass is 35.5. The first-order valence-corrected chi connectivity index (χ1v) is 7.30. The van der Waals surface area contributed by atoms with E-state index in [2.05, 4.69) is 16.4 Å². The van der Waals surface area contributed by atoms with Crippen molar-refractivity contribution in [2.75, 3.05) is 25.1 Å². The Balaban J connectivity index is 1.58. The standard InChI is InChI=1S/C13H13ClN2O2S/c14-12-8-19-13(16-12)15-4-3-9-1-2-10-11(7-9)18-6-5-17-10/h1-2,7-8H,3-6H2,(H,15,16). The second kappa shape index (κ2) is 5.67. The van der Waals surface area contributed by atoms with Crippen molar-refractivity contribution in [3.63, 3.8) is 0 Å². The van der Waals surface area contributed by atoms with Gasteiger partial charge < -0.3 is 14.8 Å². The molecule has 2 heterocycles. The van der Waals surface area contributed by atoms with Crippen molar-refractivity contribution in [2.45, 2.75) is 6.42 Å². The molecule has 0 aliphatic carbocycles. The molecule has 6 heteroatoms. The van der Waals surface area contributed by atoms with Crippen LogP contribution in [-0.2, 0) is 6.42 Å². The molecule has 100 valence electrons. The van der Waals surface area contributed by atoms with Crippen LogP contribution in [0.4, 0.5) is 5.13 Å². The maximum atomic E-state index is 5.76. The van der Waals surface area contributed by atoms with E-state index in [-0.39, 0.29) is 0 Å². The number of nitrogens with zero attached hydrogens (tertiary/aromatic N) is 1. The summed E-state index contributed by atoms with van der Waals surface area (Å²) in [5, 5.41) is 6.44. The van der Waals surface area contributed by atoms with Crippen molar-refractivity contribution < 1.29 is 9.47 Å². The van der Waals surface area contributed by atoms with Crippen LogP contribution in [0.3, 0.4) is 0 Å². The van der Waals surface area contributed by atoms with Crippen molar-refractivity contribution in [1.82, 2.24) is 4.98 Å². The predicted octanol–water partition coefficient (Wildman–Crippen LogP) is 3.22. The first kappa shape index (κ1) is 12.6. The van der Waals surface area contributed by atoms with Gasteiger partial charge in [-0.05, 0) is 24.1 Å². The van der Waals surface area contributed by atoms with E-state index in [9.17, 15) is 0 Å². The highest BCUT2D eigenvalue weighted by molar-refractivity contribution is 7.14. The fraction of sp³-hybridized carbons (Fsp3) is 0.308. The summed E-state index contributed by atoms with van der Waals surface area (Å²) in [5.41, 5.74) is 1.21. The minimum Gasteiger partial charge on any atom is -0.486 e. The fourth-order valence-electron chi connectivity index (χ4n) is 1.89. The molecular weight excluding hydrogens is 284 g/mol. The molecule has 3 rings (SSSR count). The van der Waals surface area contributed by atoms with Crippen LogP contribution in [-0.4, -0.2) is 24.7 Å². The third-order valence-corrected chi connectivity index (χ3v) is 3.90. The molecule has 4 nitrogen and oxygen atoms in total. The minimum absolute atomic E-state index is 0.534. The Morgan fingerprint density at radius 1 is 1.26 bits per heavy atom. The van der Waals surface area contributed by atoms with Crippen LogP contribution in [0.5, 0.6) is 11.5 Å². The largest absolute Gasteiger partial charge is 0.486 e. The Morgan fingerprint density at radius 3 is 2.89 bits per heavy atom. The highest BCUT2D eigenvalue weighted by Gasteiger charge is 2.11. The molecule has 0 unspecified atom stereocenters. The maximum absolute atomic E-state index is 5.76. The summed E-state index contributed by atoms with van der Waals surface area (Å²) < 4.78 is 11.1. The zero-order valence-corrected chi connectivity index (χ0v) is 11.8. The molecule has 0 saturated carbocycles. The first-order chi connectivity index (χ1) is 9.31. The van der Waals surface area contributed by atoms with Crippen LogP contribution in [0, 0.1) is 0 Å². The number of nitrogens with one attached hydrogen (secondary N) is 1. The van der Waals surface area contributed by atoms with Gasteiger partial charge in [-0.2, -0.15) is 0 Å². The Hall–Kier alpha value is -1.46. The molecule has 0 amide bonds. The summed E-state index contributed by atoms with van der Waals surface area (Å²) in [5.74, 6) is 1.66. The maximum Gasteiger partial charge on any atom is 0.184 e. The third-order valence-electron chi connectivity index (χ3n) is 2.77. The van der Waals surface area contributed by atoms with Gasteiger partial charge in [0.15, 0.2) is 16.6 Å². The van der Waals surface area contributed by atoms with E-state index in [0.29, 0.717) is 18.4 Å². The molecule has 1 aliphatic heterocycles. The molecule has 0 saturated heterocycles. The monoisotopic (exact) mass is 296 g/mol. The van der Waals surface area contributed by atoms with Crippen molar-refractivity contribution in [3.05, 3.63) is 34.3 Å². The lowest BCUT2D eigenvalue weighted by Crippen LogP contribution is -2.15. The van der Waals surface area contributed by atoms with Crippen molar-refractivity contribution in [3.8, 4) is 11.5 Å². The van der Waals surface area contributed by atoms with Gasteiger partial charge in [0.2, 0.25) is 0 Å². The van der Waals surface area contributed by atoms with Crippen molar-refractivity contribution >= 4 is 28.1 Å². The number of hydrogen-bond acceptors (Lipinski definition) is 5. The number of rotatable bonds is 4. The Bertz CT molecular complexity index is 574. The molecule has 2 aromatic rings. The van der Waals surface area contributed by atoms with Crippen molar-refractivity contribution in [2.24, 2.45) is 0 Å². The van der Waals surface area contributed by atoms with E-state index in [1.54, 1.807) is 0 Å². The molecule has 0 radical (unpaired) electrons. The lowest BCUT2D eigenvalue weighted by atomic mass is 10.1. The quantitative estimate of drug-likeness (QED) is 0.941. The summed E-state index contributed by atoms with van der Waals surface area (Å²) in [6.07, 6.45) is 0.897. The normalized spacial score (nSPS) is 13.3. The molecule has 1 aromatic carbocycles. The Morgan fingerprint density at radius 2 is 2.11 bits per heavy atom. The third kappa shape index (κ3) is 3.11. The van der Waals surface area contributed by atoms with Gasteiger partial charge in [-0.3, -0.25) is 0 Å². The van der Waals surface area contributed by atoms with Crippen LogP contribution in [0.2, 0.25) is 5.15 Å². The van der Waals surface area contributed by atoms with Crippen LogP contribution < -0.4 is 14.8 Å². The van der Waals surface area contributed by atoms with Gasteiger partial charge in [-0.25, -0.2) is 4.98 Å². The van der Waals surface area contributed by atoms with Crippen LogP contribution in [0.25, 0.3) is 0 Å². The highest BCUT2D eigenvalue weighted by Crippen LogP contribution is 2.30. The molecular formula is C13H13ClN2O2S. The van der Waals surface area contributed by atoms with Gasteiger partial charge in [-0.15, -0.1) is 11.3 Å². The zero-order valence-electron chi connectivity index (χ0n) is 10.2. The van der Waals surface area contributed by atoms with Crippen LogP contribution in [0.15, 0.2) is 23.6 Å². The van der Waals surface area contributed by atoms with Gasteiger partial charge in [-0.1, -0.05) is 17.7 Å². The Labute approximate surface area is 120 Å². The van der Waals surface area contributed by atoms with E-state index in [0.717, 1.165) is 29.6 Å². The topological polar surface area (TPSA) is 43.4 Å². The first-order valence-electron chi connectivity index (χ1n) is 6.05. The summed E-state index contributed by atoms with van der Waals surface area (Å²) in [6.45, 7) is 2.05. The summed E-state index contributed by atoms with van der Waals surface area (Å²) in [6, 6.07) is 6.05. The average Bonchev–Trinajstić information content (AvgIpc) is 2.84. The van der Waals surface area contributed by atoms with E-state index in [1.807, 2.05) is 17.5 Å². The zero-order chi connectivity index (χ0) is 13.1. The van der Waals surface area contributed by atoms with Crippen LogP contribution in [0.1, 0.15) is 5.56 Å². The lowest BCUT2D eigenvalue weighted by Gasteiger charge is -2.18. The number of fused-ring (bicyclic) bond motifs is 1. The van der Waals surface area contributed by atoms with E-state index < -0.39 is 0 Å². The number of anilines is 1. The fourth-order valence-corrected chi connectivity index (χ4v) is 2.76. The second-order valence-corrected chi connectivity index (χ2v) is 5.38. The number of hydrogen-bond donors (Lipinski definition) is 1. The summed E-state index contributed by atoms with van der Waals surface area (Å²) in [7, 11) is 0. The average molecular weight is 297 g/mol. The molecule has 1 aromatic heterocycles. The summed E-state index contributed by atoms with van der Waals surface area (Å²) >= 11 is 7.27. The minimum atomic E-state index is 0.534. The van der Waals surface area contributed by atoms with E-state index in [1.165, 1.54) is 16.9 Å². The molecule has 0 fully saturated rings. The van der Waals surface area contributed by atoms with Crippen LogP contribution >= 0.6 is 22.9 Å². The van der Waals surface area contributed by atoms with Gasteiger partial charge in [0.1, 0.15) is 18.4 Å². The predicted molar refractivity (Wildman–Crippen MR) is 76.7 cm³/mol. The summed E-state index contributed by atoms with van der Waals surface area (Å²) in [4.78, 5) is 4.14. The van der Waals surface area contributed by atoms with Crippen molar-refractivity contribution in [1.29, 1.82) is 0 Å². The molecule has 0 bridgehead atoms. The van der Waals surface area contributed by atoms with Gasteiger partial charge in [0, 0.05) is 11.9 Å². The molecule has 0 spiro atoms. The van der Waals surface area contributed by atoms with E-state index >= 15 is 0 Å². The Kier molecular flexibility index (Phi) is 3.75. The number of thiazole rings is 1. The molecule has 1 aliphatic rings.